The summed E-state index contributed by atoms with van der Waals surface area (Å²) < 4.78 is 6.64. The summed E-state index contributed by atoms with van der Waals surface area (Å²) in [6.07, 6.45) is 0. The molecular weight excluding hydrogens is 593 g/mol. The number of hydrogen-bond donors (Lipinski definition) is 0. The molecule has 0 N–H and O–H groups in total. The lowest BCUT2D eigenvalue weighted by molar-refractivity contribution is 0.669. The summed E-state index contributed by atoms with van der Waals surface area (Å²) in [4.78, 5) is 8.80. The van der Waals surface area contributed by atoms with Crippen LogP contribution in [-0.2, 0) is 0 Å². The van der Waals surface area contributed by atoms with Crippen LogP contribution in [0.2, 0.25) is 0 Å². The zero-order chi connectivity index (χ0) is 30.9. The number of rotatable bonds is 5. The van der Waals surface area contributed by atoms with E-state index >= 15 is 0 Å². The van der Waals surface area contributed by atoms with E-state index in [1.54, 1.807) is 11.3 Å². The lowest BCUT2D eigenvalue weighted by atomic mass is 10.00. The van der Waals surface area contributed by atoms with Crippen molar-refractivity contribution in [3.05, 3.63) is 158 Å². The third-order valence-corrected chi connectivity index (χ3v) is 10.4. The molecule has 0 radical (unpaired) electrons. The molecule has 0 saturated heterocycles. The molecule has 4 heteroatoms. The number of anilines is 3. The van der Waals surface area contributed by atoms with Gasteiger partial charge in [0.2, 0.25) is 0 Å². The molecule has 9 aromatic rings. The molecule has 47 heavy (non-hydrogen) atoms. The number of benzene rings is 7. The predicted molar refractivity (Wildman–Crippen MR) is 197 cm³/mol. The van der Waals surface area contributed by atoms with Gasteiger partial charge >= 0.3 is 0 Å². The highest BCUT2D eigenvalue weighted by Gasteiger charge is 2.29. The van der Waals surface area contributed by atoms with Gasteiger partial charge in [-0.3, -0.25) is 0 Å². The minimum atomic E-state index is 0.871. The molecule has 0 aliphatic heterocycles. The van der Waals surface area contributed by atoms with Gasteiger partial charge in [0.05, 0.1) is 21.9 Å². The summed E-state index contributed by atoms with van der Waals surface area (Å²) in [5.41, 5.74) is 11.9. The summed E-state index contributed by atoms with van der Waals surface area (Å²) in [6.45, 7) is 0. The number of nitrogens with zero attached hydrogens (tertiary/aromatic N) is 2. The van der Waals surface area contributed by atoms with Gasteiger partial charge in [-0.1, -0.05) is 127 Å². The summed E-state index contributed by atoms with van der Waals surface area (Å²) in [5, 5.41) is 5.71. The minimum Gasteiger partial charge on any atom is -0.454 e. The smallest absolute Gasteiger partial charge is 0.159 e. The first kappa shape index (κ1) is 26.3. The molecule has 0 fully saturated rings. The molecule has 0 spiro atoms. The maximum atomic E-state index is 6.64. The third-order valence-electron chi connectivity index (χ3n) is 9.24. The van der Waals surface area contributed by atoms with Crippen LogP contribution in [0.3, 0.4) is 0 Å². The zero-order valence-corrected chi connectivity index (χ0v) is 26.0. The van der Waals surface area contributed by atoms with E-state index in [1.807, 2.05) is 12.1 Å². The summed E-state index contributed by atoms with van der Waals surface area (Å²) in [7, 11) is 0. The van der Waals surface area contributed by atoms with E-state index in [9.17, 15) is 0 Å². The Morgan fingerprint density at radius 2 is 1.21 bits per heavy atom. The summed E-state index contributed by atoms with van der Waals surface area (Å²) in [6, 6.07) is 55.8. The van der Waals surface area contributed by atoms with Crippen LogP contribution in [0.1, 0.15) is 0 Å². The fourth-order valence-electron chi connectivity index (χ4n) is 7.13. The van der Waals surface area contributed by atoms with Crippen molar-refractivity contribution in [3.8, 4) is 43.4 Å². The zero-order valence-electron chi connectivity index (χ0n) is 25.2. The molecule has 0 saturated carbocycles. The molecule has 7 aromatic carbocycles. The lowest BCUT2D eigenvalue weighted by Crippen LogP contribution is -2.11. The molecule has 0 bridgehead atoms. The second kappa shape index (κ2) is 10.3. The number of aromatic nitrogens is 1. The molecule has 1 aliphatic carbocycles. The summed E-state index contributed by atoms with van der Waals surface area (Å²) in [5.74, 6) is 0. The van der Waals surface area contributed by atoms with Gasteiger partial charge in [0.15, 0.2) is 5.58 Å². The molecule has 2 heterocycles. The first-order valence-electron chi connectivity index (χ1n) is 15.8. The molecule has 0 unspecified atom stereocenters. The SMILES string of the molecule is c1ccc(-c2cccc(N(c3ccc4c5c(cccc35)-c3sc(-c5ccccc5)nc3-4)c3cccc4c3oc3ccccc34)c2)cc1. The van der Waals surface area contributed by atoms with E-state index in [-0.39, 0.29) is 0 Å². The van der Waals surface area contributed by atoms with E-state index in [0.717, 1.165) is 60.8 Å². The van der Waals surface area contributed by atoms with Crippen molar-refractivity contribution in [1.82, 2.24) is 4.98 Å². The second-order valence-electron chi connectivity index (χ2n) is 11.9. The Bertz CT molecular complexity index is 2610. The Labute approximate surface area is 275 Å². The first-order valence-corrected chi connectivity index (χ1v) is 16.6. The molecule has 0 atom stereocenters. The Hall–Kier alpha value is -5.97. The third kappa shape index (κ3) is 4.02. The topological polar surface area (TPSA) is 29.3 Å². The normalized spacial score (nSPS) is 11.8. The van der Waals surface area contributed by atoms with Crippen LogP contribution in [0.4, 0.5) is 17.1 Å². The molecule has 0 amide bonds. The van der Waals surface area contributed by atoms with Crippen molar-refractivity contribution in [3.63, 3.8) is 0 Å². The molecule has 2 aromatic heterocycles. The van der Waals surface area contributed by atoms with Gasteiger partial charge in [-0.15, -0.1) is 11.3 Å². The highest BCUT2D eigenvalue weighted by Crippen LogP contribution is 2.54. The molecule has 3 nitrogen and oxygen atoms in total. The average Bonchev–Trinajstić information content (AvgIpc) is 3.83. The van der Waals surface area contributed by atoms with E-state index in [2.05, 4.69) is 150 Å². The maximum absolute atomic E-state index is 6.64. The highest BCUT2D eigenvalue weighted by atomic mass is 32.1. The fraction of sp³-hybridized carbons (Fsp3) is 0. The number of thiazole rings is 1. The Morgan fingerprint density at radius 1 is 0.511 bits per heavy atom. The van der Waals surface area contributed by atoms with E-state index < -0.39 is 0 Å². The van der Waals surface area contributed by atoms with E-state index in [1.165, 1.54) is 32.3 Å². The van der Waals surface area contributed by atoms with Crippen molar-refractivity contribution in [2.75, 3.05) is 4.90 Å². The van der Waals surface area contributed by atoms with Crippen LogP contribution < -0.4 is 4.90 Å². The lowest BCUT2D eigenvalue weighted by Gasteiger charge is -2.27. The number of furan rings is 1. The minimum absolute atomic E-state index is 0.871. The number of hydrogen-bond acceptors (Lipinski definition) is 4. The van der Waals surface area contributed by atoms with Gasteiger partial charge in [0.25, 0.3) is 0 Å². The van der Waals surface area contributed by atoms with Crippen molar-refractivity contribution >= 4 is 61.1 Å². The quantitative estimate of drug-likeness (QED) is 0.192. The van der Waals surface area contributed by atoms with E-state index in [0.29, 0.717) is 0 Å². The number of fused-ring (bicyclic) bond motifs is 6. The van der Waals surface area contributed by atoms with Crippen LogP contribution in [0, 0.1) is 0 Å². The largest absolute Gasteiger partial charge is 0.454 e. The van der Waals surface area contributed by atoms with Crippen molar-refractivity contribution in [2.24, 2.45) is 0 Å². The van der Waals surface area contributed by atoms with Gasteiger partial charge in [-0.25, -0.2) is 4.98 Å². The molecule has 220 valence electrons. The van der Waals surface area contributed by atoms with Crippen molar-refractivity contribution < 1.29 is 4.42 Å². The maximum Gasteiger partial charge on any atom is 0.159 e. The average molecular weight is 619 g/mol. The Morgan fingerprint density at radius 3 is 2.09 bits per heavy atom. The van der Waals surface area contributed by atoms with Gasteiger partial charge in [-0.2, -0.15) is 0 Å². The molecule has 10 rings (SSSR count). The standard InChI is InChI=1S/C43H26N2OS/c1-3-12-27(13-4-1)29-16-9-17-30(26-29)45(37-22-11-19-32-31-18-7-8-23-38(31)46-41(32)37)36-25-24-34-39-33(36)20-10-21-35(39)42-40(34)44-43(47-42)28-14-5-2-6-15-28/h1-26H. The summed E-state index contributed by atoms with van der Waals surface area (Å²) >= 11 is 1.78. The number of para-hydroxylation sites is 2. The molecular formula is C43H26N2OS. The van der Waals surface area contributed by atoms with Gasteiger partial charge in [0, 0.05) is 43.9 Å². The van der Waals surface area contributed by atoms with Gasteiger partial charge in [-0.05, 0) is 41.5 Å². The first-order chi connectivity index (χ1) is 23.3. The molecule has 1 aliphatic rings. The van der Waals surface area contributed by atoms with E-state index in [4.69, 9.17) is 9.40 Å². The van der Waals surface area contributed by atoms with Crippen LogP contribution >= 0.6 is 11.3 Å². The second-order valence-corrected chi connectivity index (χ2v) is 12.9. The highest BCUT2D eigenvalue weighted by molar-refractivity contribution is 7.19. The van der Waals surface area contributed by atoms with Crippen LogP contribution in [0.15, 0.2) is 162 Å². The van der Waals surface area contributed by atoms with Gasteiger partial charge < -0.3 is 9.32 Å². The predicted octanol–water partition coefficient (Wildman–Crippen LogP) is 12.6. The van der Waals surface area contributed by atoms with Crippen LogP contribution in [0.5, 0.6) is 0 Å². The van der Waals surface area contributed by atoms with Gasteiger partial charge in [0.1, 0.15) is 10.6 Å². The van der Waals surface area contributed by atoms with Crippen molar-refractivity contribution in [2.45, 2.75) is 0 Å². The Balaban J connectivity index is 1.22. The monoisotopic (exact) mass is 618 g/mol. The fourth-order valence-corrected chi connectivity index (χ4v) is 8.25. The Kier molecular flexibility index (Phi) is 5.74. The van der Waals surface area contributed by atoms with Crippen LogP contribution in [-0.4, -0.2) is 4.98 Å². The van der Waals surface area contributed by atoms with Crippen LogP contribution in [0.25, 0.3) is 76.1 Å². The van der Waals surface area contributed by atoms with Crippen molar-refractivity contribution in [1.29, 1.82) is 0 Å².